The van der Waals surface area contributed by atoms with Crippen molar-refractivity contribution in [1.82, 2.24) is 14.8 Å². The second-order valence-electron chi connectivity index (χ2n) is 5.53. The fourth-order valence-corrected chi connectivity index (χ4v) is 2.72. The lowest BCUT2D eigenvalue weighted by atomic mass is 9.94. The van der Waals surface area contributed by atoms with E-state index < -0.39 is 5.97 Å². The number of amides is 1. The third kappa shape index (κ3) is 3.39. The summed E-state index contributed by atoms with van der Waals surface area (Å²) in [4.78, 5) is 25.3. The van der Waals surface area contributed by atoms with Gasteiger partial charge in [-0.05, 0) is 38.1 Å². The zero-order valence-electron chi connectivity index (χ0n) is 11.9. The number of nitrogens with one attached hydrogen (secondary N) is 1. The molecule has 1 aromatic rings. The van der Waals surface area contributed by atoms with Crippen LogP contribution in [0, 0.1) is 5.92 Å². The van der Waals surface area contributed by atoms with Crippen molar-refractivity contribution in [1.29, 1.82) is 0 Å². The first kappa shape index (κ1) is 14.6. The molecule has 0 bridgehead atoms. The lowest BCUT2D eigenvalue weighted by molar-refractivity contribution is -0.123. The Morgan fingerprint density at radius 3 is 2.90 bits per heavy atom. The van der Waals surface area contributed by atoms with Gasteiger partial charge in [-0.2, -0.15) is 0 Å². The predicted molar refractivity (Wildman–Crippen MR) is 74.6 cm³/mol. The summed E-state index contributed by atoms with van der Waals surface area (Å²) in [5.74, 6) is -0.748. The molecule has 2 N–H and O–H groups in total. The maximum absolute atomic E-state index is 12.0. The highest BCUT2D eigenvalue weighted by atomic mass is 16.4. The summed E-state index contributed by atoms with van der Waals surface area (Å²) in [5, 5.41) is 12.0. The van der Waals surface area contributed by atoms with Crippen LogP contribution in [0.5, 0.6) is 0 Å². The van der Waals surface area contributed by atoms with Crippen molar-refractivity contribution in [3.8, 4) is 0 Å². The standard InChI is InChI=1S/C14H21N3O3/c1-10-8-16(2)7-5-11(10)15-13(18)9-17-6-3-4-12(17)14(19)20/h3-4,6,10-11H,5,7-9H2,1-2H3,(H,15,18)(H,19,20). The van der Waals surface area contributed by atoms with Crippen molar-refractivity contribution < 1.29 is 14.7 Å². The summed E-state index contributed by atoms with van der Waals surface area (Å²) in [7, 11) is 2.08. The molecule has 20 heavy (non-hydrogen) atoms. The van der Waals surface area contributed by atoms with E-state index in [2.05, 4.69) is 24.2 Å². The molecule has 2 rings (SSSR count). The number of likely N-dealkylation sites (tertiary alicyclic amines) is 1. The molecule has 0 spiro atoms. The Balaban J connectivity index is 1.92. The van der Waals surface area contributed by atoms with Crippen molar-refractivity contribution in [3.63, 3.8) is 0 Å². The lowest BCUT2D eigenvalue weighted by Crippen LogP contribution is -2.49. The zero-order chi connectivity index (χ0) is 14.7. The molecule has 2 unspecified atom stereocenters. The molecule has 2 heterocycles. The van der Waals surface area contributed by atoms with E-state index in [1.165, 1.54) is 10.6 Å². The first-order valence-corrected chi connectivity index (χ1v) is 6.83. The van der Waals surface area contributed by atoms with E-state index in [-0.39, 0.29) is 24.2 Å². The van der Waals surface area contributed by atoms with Crippen LogP contribution in [0.1, 0.15) is 23.8 Å². The van der Waals surface area contributed by atoms with Crippen molar-refractivity contribution in [3.05, 3.63) is 24.0 Å². The summed E-state index contributed by atoms with van der Waals surface area (Å²) in [5.41, 5.74) is 0.136. The van der Waals surface area contributed by atoms with Crippen LogP contribution in [-0.4, -0.2) is 52.6 Å². The monoisotopic (exact) mass is 279 g/mol. The topological polar surface area (TPSA) is 74.6 Å². The van der Waals surface area contributed by atoms with Crippen molar-refractivity contribution in [2.75, 3.05) is 20.1 Å². The fraction of sp³-hybridized carbons (Fsp3) is 0.571. The van der Waals surface area contributed by atoms with Crippen LogP contribution in [-0.2, 0) is 11.3 Å². The van der Waals surface area contributed by atoms with E-state index in [1.807, 2.05) is 0 Å². The first-order valence-electron chi connectivity index (χ1n) is 6.83. The Morgan fingerprint density at radius 2 is 2.25 bits per heavy atom. The molecule has 0 saturated carbocycles. The molecule has 1 fully saturated rings. The van der Waals surface area contributed by atoms with Crippen molar-refractivity contribution in [2.45, 2.75) is 25.9 Å². The molecule has 6 nitrogen and oxygen atoms in total. The van der Waals surface area contributed by atoms with Crippen LogP contribution < -0.4 is 5.32 Å². The minimum atomic E-state index is -1.02. The van der Waals surface area contributed by atoms with Crippen LogP contribution in [0.2, 0.25) is 0 Å². The molecule has 110 valence electrons. The minimum Gasteiger partial charge on any atom is -0.477 e. The number of piperidine rings is 1. The van der Waals surface area contributed by atoms with Gasteiger partial charge in [0.2, 0.25) is 5.91 Å². The number of carboxylic acids is 1. The average molecular weight is 279 g/mol. The third-order valence-electron chi connectivity index (χ3n) is 3.82. The first-order chi connectivity index (χ1) is 9.47. The molecule has 1 amide bonds. The van der Waals surface area contributed by atoms with Gasteiger partial charge in [0.05, 0.1) is 0 Å². The van der Waals surface area contributed by atoms with Gasteiger partial charge in [-0.15, -0.1) is 0 Å². The van der Waals surface area contributed by atoms with Gasteiger partial charge in [0, 0.05) is 18.8 Å². The number of hydrogen-bond donors (Lipinski definition) is 2. The second kappa shape index (κ2) is 6.09. The highest BCUT2D eigenvalue weighted by Crippen LogP contribution is 2.15. The Bertz CT molecular complexity index is 498. The highest BCUT2D eigenvalue weighted by molar-refractivity contribution is 5.86. The van der Waals surface area contributed by atoms with Gasteiger partial charge in [0.15, 0.2) is 0 Å². The Kier molecular flexibility index (Phi) is 4.44. The van der Waals surface area contributed by atoms with Crippen LogP contribution in [0.25, 0.3) is 0 Å². The Morgan fingerprint density at radius 1 is 1.50 bits per heavy atom. The normalized spacial score (nSPS) is 23.5. The molecule has 2 atom stereocenters. The summed E-state index contributed by atoms with van der Waals surface area (Å²) in [6, 6.07) is 3.30. The van der Waals surface area contributed by atoms with Gasteiger partial charge in [0.25, 0.3) is 0 Å². The smallest absolute Gasteiger partial charge is 0.352 e. The van der Waals surface area contributed by atoms with Crippen LogP contribution >= 0.6 is 0 Å². The molecule has 1 aromatic heterocycles. The van der Waals surface area contributed by atoms with E-state index in [0.717, 1.165) is 19.5 Å². The van der Waals surface area contributed by atoms with Crippen LogP contribution in [0.15, 0.2) is 18.3 Å². The van der Waals surface area contributed by atoms with E-state index in [0.29, 0.717) is 5.92 Å². The van der Waals surface area contributed by atoms with E-state index in [4.69, 9.17) is 5.11 Å². The molecule has 1 aliphatic rings. The molecule has 0 aromatic carbocycles. The highest BCUT2D eigenvalue weighted by Gasteiger charge is 2.25. The largest absolute Gasteiger partial charge is 0.477 e. The maximum Gasteiger partial charge on any atom is 0.352 e. The maximum atomic E-state index is 12.0. The van der Waals surface area contributed by atoms with Crippen molar-refractivity contribution >= 4 is 11.9 Å². The summed E-state index contributed by atoms with van der Waals surface area (Å²) in [6.45, 7) is 4.11. The quantitative estimate of drug-likeness (QED) is 0.848. The molecular formula is C14H21N3O3. The van der Waals surface area contributed by atoms with E-state index >= 15 is 0 Å². The zero-order valence-corrected chi connectivity index (χ0v) is 11.9. The van der Waals surface area contributed by atoms with Gasteiger partial charge in [-0.25, -0.2) is 4.79 Å². The van der Waals surface area contributed by atoms with Crippen LogP contribution in [0.4, 0.5) is 0 Å². The number of carbonyl (C=O) groups excluding carboxylic acids is 1. The number of nitrogens with zero attached hydrogens (tertiary/aromatic N) is 2. The number of carbonyl (C=O) groups is 2. The number of rotatable bonds is 4. The molecule has 0 aliphatic carbocycles. The van der Waals surface area contributed by atoms with Gasteiger partial charge in [-0.1, -0.05) is 6.92 Å². The average Bonchev–Trinajstić information content (AvgIpc) is 2.81. The summed E-state index contributed by atoms with van der Waals surface area (Å²) < 4.78 is 1.46. The summed E-state index contributed by atoms with van der Waals surface area (Å²) >= 11 is 0. The number of hydrogen-bond acceptors (Lipinski definition) is 3. The fourth-order valence-electron chi connectivity index (χ4n) is 2.72. The van der Waals surface area contributed by atoms with Crippen LogP contribution in [0.3, 0.4) is 0 Å². The number of aromatic nitrogens is 1. The second-order valence-corrected chi connectivity index (χ2v) is 5.53. The molecular weight excluding hydrogens is 258 g/mol. The van der Waals surface area contributed by atoms with Gasteiger partial charge in [-0.3, -0.25) is 4.79 Å². The number of aromatic carboxylic acids is 1. The summed E-state index contributed by atoms with van der Waals surface area (Å²) in [6.07, 6.45) is 2.54. The van der Waals surface area contributed by atoms with Gasteiger partial charge in [0.1, 0.15) is 12.2 Å². The Hall–Kier alpha value is -1.82. The molecule has 6 heteroatoms. The number of carboxylic acid groups (broad SMARTS) is 1. The van der Waals surface area contributed by atoms with E-state index in [1.54, 1.807) is 12.3 Å². The predicted octanol–water partition coefficient (Wildman–Crippen LogP) is 0.643. The lowest BCUT2D eigenvalue weighted by Gasteiger charge is -2.35. The van der Waals surface area contributed by atoms with Crippen molar-refractivity contribution in [2.24, 2.45) is 5.92 Å². The third-order valence-corrected chi connectivity index (χ3v) is 3.82. The minimum absolute atomic E-state index is 0.0493. The van der Waals surface area contributed by atoms with E-state index in [9.17, 15) is 9.59 Å². The van der Waals surface area contributed by atoms with Gasteiger partial charge >= 0.3 is 5.97 Å². The molecule has 1 saturated heterocycles. The SMILES string of the molecule is CC1CN(C)CCC1NC(=O)Cn1cccc1C(=O)O. The molecule has 0 radical (unpaired) electrons. The Labute approximate surface area is 118 Å². The van der Waals surface area contributed by atoms with Gasteiger partial charge < -0.3 is 19.9 Å². The molecule has 1 aliphatic heterocycles.